The zero-order valence-corrected chi connectivity index (χ0v) is 23.2. The van der Waals surface area contributed by atoms with Gasteiger partial charge in [-0.05, 0) is 64.4 Å². The van der Waals surface area contributed by atoms with Crippen LogP contribution in [0.1, 0.15) is 63.5 Å². The largest absolute Gasteiger partial charge is 0.248 e. The highest BCUT2D eigenvalue weighted by atomic mass is 14.7. The van der Waals surface area contributed by atoms with E-state index in [1.54, 1.807) is 0 Å². The van der Waals surface area contributed by atoms with Crippen molar-refractivity contribution in [3.8, 4) is 44.8 Å². The van der Waals surface area contributed by atoms with Gasteiger partial charge in [0.15, 0.2) is 0 Å². The molecule has 0 saturated heterocycles. The van der Waals surface area contributed by atoms with Crippen molar-refractivity contribution in [2.75, 3.05) is 0 Å². The fourth-order valence-electron chi connectivity index (χ4n) is 6.47. The number of nitrogens with zero attached hydrogens (tertiary/aromatic N) is 1. The number of benzene rings is 4. The van der Waals surface area contributed by atoms with Crippen molar-refractivity contribution in [2.45, 2.75) is 57.8 Å². The Kier molecular flexibility index (Phi) is 7.16. The SMILES string of the molecule is CCCCC1(CCCC)c2ccccc2-c2ccc(-c3cc(-c4ccccc4)cc(-c4ccccc4)n3)cc21. The van der Waals surface area contributed by atoms with E-state index >= 15 is 0 Å². The number of unbranched alkanes of at least 4 members (excludes halogenated alkanes) is 2. The predicted octanol–water partition coefficient (Wildman–Crippen LogP) is 10.7. The number of hydrogen-bond donors (Lipinski definition) is 0. The first-order valence-electron chi connectivity index (χ1n) is 14.6. The van der Waals surface area contributed by atoms with Gasteiger partial charge in [-0.25, -0.2) is 4.98 Å². The van der Waals surface area contributed by atoms with E-state index in [2.05, 4.69) is 129 Å². The van der Waals surface area contributed by atoms with Crippen LogP contribution >= 0.6 is 0 Å². The molecule has 0 N–H and O–H groups in total. The lowest BCUT2D eigenvalue weighted by molar-refractivity contribution is 0.414. The van der Waals surface area contributed by atoms with Crippen LogP contribution in [0.15, 0.2) is 115 Å². The van der Waals surface area contributed by atoms with Gasteiger partial charge in [0.05, 0.1) is 11.4 Å². The molecule has 0 atom stereocenters. The van der Waals surface area contributed by atoms with Gasteiger partial charge in [0, 0.05) is 16.5 Å². The number of rotatable bonds is 9. The maximum Gasteiger partial charge on any atom is 0.0715 e. The second kappa shape index (κ2) is 11.0. The fourth-order valence-corrected chi connectivity index (χ4v) is 6.47. The van der Waals surface area contributed by atoms with Crippen molar-refractivity contribution in [1.29, 1.82) is 0 Å². The second-order valence-electron chi connectivity index (χ2n) is 11.0. The lowest BCUT2D eigenvalue weighted by atomic mass is 9.70. The highest BCUT2D eigenvalue weighted by molar-refractivity contribution is 5.84. The molecule has 39 heavy (non-hydrogen) atoms. The monoisotopic (exact) mass is 507 g/mol. The van der Waals surface area contributed by atoms with Gasteiger partial charge in [-0.15, -0.1) is 0 Å². The average molecular weight is 508 g/mol. The Balaban J connectivity index is 1.54. The third-order valence-electron chi connectivity index (χ3n) is 8.48. The zero-order valence-electron chi connectivity index (χ0n) is 23.2. The molecule has 0 unspecified atom stereocenters. The van der Waals surface area contributed by atoms with Crippen molar-refractivity contribution >= 4 is 0 Å². The number of fused-ring (bicyclic) bond motifs is 3. The topological polar surface area (TPSA) is 12.9 Å². The van der Waals surface area contributed by atoms with E-state index in [9.17, 15) is 0 Å². The summed E-state index contributed by atoms with van der Waals surface area (Å²) in [4.78, 5) is 5.25. The smallest absolute Gasteiger partial charge is 0.0715 e. The molecule has 6 rings (SSSR count). The Labute approximate surface area is 233 Å². The minimum atomic E-state index is 0.0766. The van der Waals surface area contributed by atoms with Gasteiger partial charge < -0.3 is 0 Å². The number of pyridine rings is 1. The first-order chi connectivity index (χ1) is 19.2. The van der Waals surface area contributed by atoms with E-state index in [0.717, 1.165) is 17.0 Å². The van der Waals surface area contributed by atoms with Gasteiger partial charge in [0.1, 0.15) is 0 Å². The maximum atomic E-state index is 5.25. The molecule has 0 amide bonds. The highest BCUT2D eigenvalue weighted by Gasteiger charge is 2.42. The summed E-state index contributed by atoms with van der Waals surface area (Å²) in [5, 5.41) is 0. The lowest BCUT2D eigenvalue weighted by Gasteiger charge is -2.33. The molecule has 1 heterocycles. The first kappa shape index (κ1) is 25.3. The summed E-state index contributed by atoms with van der Waals surface area (Å²) in [6.45, 7) is 4.63. The van der Waals surface area contributed by atoms with E-state index in [-0.39, 0.29) is 5.41 Å². The van der Waals surface area contributed by atoms with E-state index in [1.807, 2.05) is 0 Å². The van der Waals surface area contributed by atoms with Crippen LogP contribution in [0.5, 0.6) is 0 Å². The van der Waals surface area contributed by atoms with E-state index in [1.165, 1.54) is 77.5 Å². The summed E-state index contributed by atoms with van der Waals surface area (Å²) < 4.78 is 0. The molecule has 1 aliphatic rings. The minimum absolute atomic E-state index is 0.0766. The summed E-state index contributed by atoms with van der Waals surface area (Å²) in [6, 6.07) is 42.0. The lowest BCUT2D eigenvalue weighted by Crippen LogP contribution is -2.25. The van der Waals surface area contributed by atoms with Crippen LogP contribution in [0.2, 0.25) is 0 Å². The van der Waals surface area contributed by atoms with Crippen LogP contribution < -0.4 is 0 Å². The summed E-state index contributed by atoms with van der Waals surface area (Å²) >= 11 is 0. The van der Waals surface area contributed by atoms with Crippen molar-refractivity contribution in [3.05, 3.63) is 126 Å². The van der Waals surface area contributed by atoms with Crippen molar-refractivity contribution in [3.63, 3.8) is 0 Å². The second-order valence-corrected chi connectivity index (χ2v) is 11.0. The van der Waals surface area contributed by atoms with Crippen LogP contribution in [-0.4, -0.2) is 4.98 Å². The molecule has 4 aromatic carbocycles. The molecule has 0 bridgehead atoms. The Morgan fingerprint density at radius 2 is 1.05 bits per heavy atom. The molecule has 1 aliphatic carbocycles. The molecular weight excluding hydrogens is 470 g/mol. The van der Waals surface area contributed by atoms with Gasteiger partial charge >= 0.3 is 0 Å². The Morgan fingerprint density at radius 3 is 1.72 bits per heavy atom. The standard InChI is InChI=1S/C38H37N/c1-3-5-23-38(24-6-4-2)34-20-14-13-19-32(34)33-22-21-30(25-35(33)38)37-27-31(28-15-9-7-10-16-28)26-36(39-37)29-17-11-8-12-18-29/h7-22,25-27H,3-6,23-24H2,1-2H3. The van der Waals surface area contributed by atoms with Crippen molar-refractivity contribution in [2.24, 2.45) is 0 Å². The van der Waals surface area contributed by atoms with Crippen molar-refractivity contribution < 1.29 is 0 Å². The Bertz CT molecular complexity index is 1500. The molecule has 1 heteroatoms. The van der Waals surface area contributed by atoms with Gasteiger partial charge in [0.2, 0.25) is 0 Å². The van der Waals surface area contributed by atoms with Crippen molar-refractivity contribution in [1.82, 2.24) is 4.98 Å². The predicted molar refractivity (Wildman–Crippen MR) is 166 cm³/mol. The van der Waals surface area contributed by atoms with E-state index in [4.69, 9.17) is 4.98 Å². The third kappa shape index (κ3) is 4.72. The summed E-state index contributed by atoms with van der Waals surface area (Å²) in [5.74, 6) is 0. The summed E-state index contributed by atoms with van der Waals surface area (Å²) in [5.41, 5.74) is 12.7. The molecule has 0 spiro atoms. The van der Waals surface area contributed by atoms with Crippen LogP contribution in [0, 0.1) is 0 Å². The number of aromatic nitrogens is 1. The molecule has 1 nitrogen and oxygen atoms in total. The fraction of sp³-hybridized carbons (Fsp3) is 0.237. The molecular formula is C38H37N. The maximum absolute atomic E-state index is 5.25. The van der Waals surface area contributed by atoms with Gasteiger partial charge in [-0.2, -0.15) is 0 Å². The molecule has 1 aromatic heterocycles. The molecule has 0 fully saturated rings. The van der Waals surface area contributed by atoms with Crippen LogP contribution in [0.4, 0.5) is 0 Å². The summed E-state index contributed by atoms with van der Waals surface area (Å²) in [7, 11) is 0. The van der Waals surface area contributed by atoms with Crippen LogP contribution in [0.3, 0.4) is 0 Å². The first-order valence-corrected chi connectivity index (χ1v) is 14.6. The third-order valence-corrected chi connectivity index (χ3v) is 8.48. The van der Waals surface area contributed by atoms with Gasteiger partial charge in [-0.1, -0.05) is 137 Å². The van der Waals surface area contributed by atoms with Gasteiger partial charge in [0.25, 0.3) is 0 Å². The average Bonchev–Trinajstić information content (AvgIpc) is 3.28. The highest BCUT2D eigenvalue weighted by Crippen LogP contribution is 2.54. The van der Waals surface area contributed by atoms with Crippen LogP contribution in [-0.2, 0) is 5.41 Å². The van der Waals surface area contributed by atoms with E-state index < -0.39 is 0 Å². The Morgan fingerprint density at radius 1 is 0.487 bits per heavy atom. The minimum Gasteiger partial charge on any atom is -0.248 e. The molecule has 5 aromatic rings. The molecule has 0 radical (unpaired) electrons. The summed E-state index contributed by atoms with van der Waals surface area (Å²) in [6.07, 6.45) is 7.30. The normalized spacial score (nSPS) is 13.2. The molecule has 0 aliphatic heterocycles. The number of hydrogen-bond acceptors (Lipinski definition) is 1. The molecule has 0 saturated carbocycles. The van der Waals surface area contributed by atoms with Crippen LogP contribution in [0.25, 0.3) is 44.8 Å². The molecule has 194 valence electrons. The quantitative estimate of drug-likeness (QED) is 0.193. The zero-order chi connectivity index (χ0) is 26.7. The van der Waals surface area contributed by atoms with Gasteiger partial charge in [-0.3, -0.25) is 0 Å². The van der Waals surface area contributed by atoms with E-state index in [0.29, 0.717) is 0 Å². The Hall–Kier alpha value is -3.97.